The molecule has 1 heterocycles. The van der Waals surface area contributed by atoms with Gasteiger partial charge in [0.05, 0.1) is 3.79 Å². The van der Waals surface area contributed by atoms with Gasteiger partial charge >= 0.3 is 5.97 Å². The van der Waals surface area contributed by atoms with Gasteiger partial charge in [-0.05, 0) is 41.4 Å². The lowest BCUT2D eigenvalue weighted by atomic mass is 10.3. The average Bonchev–Trinajstić information content (AvgIpc) is 2.62. The van der Waals surface area contributed by atoms with E-state index in [0.29, 0.717) is 6.42 Å². The number of sulfonamides is 1. The Kier molecular flexibility index (Phi) is 5.11. The van der Waals surface area contributed by atoms with Gasteiger partial charge in [0.15, 0.2) is 5.25 Å². The minimum Gasteiger partial charge on any atom is -0.480 e. The quantitative estimate of drug-likeness (QED) is 0.820. The molecule has 5 nitrogen and oxygen atoms in total. The molecule has 0 spiro atoms. The number of carbonyl (C=O) groups is 1. The van der Waals surface area contributed by atoms with E-state index in [2.05, 4.69) is 20.7 Å². The van der Waals surface area contributed by atoms with Crippen LogP contribution in [0.15, 0.2) is 15.9 Å². The highest BCUT2D eigenvalue weighted by Gasteiger charge is 2.26. The monoisotopic (exact) mass is 341 g/mol. The summed E-state index contributed by atoms with van der Waals surface area (Å²) in [6.07, 6.45) is 0.543. The summed E-state index contributed by atoms with van der Waals surface area (Å²) in [5.41, 5.74) is 0. The minimum absolute atomic E-state index is 0.201. The second-order valence-corrected chi connectivity index (χ2v) is 8.01. The summed E-state index contributed by atoms with van der Waals surface area (Å²) in [4.78, 5) is 11.6. The van der Waals surface area contributed by atoms with Crippen molar-refractivity contribution in [1.82, 2.24) is 4.72 Å². The number of thiophene rings is 1. The van der Waals surface area contributed by atoms with Crippen LogP contribution in [0, 0.1) is 0 Å². The van der Waals surface area contributed by atoms with Crippen molar-refractivity contribution >= 4 is 43.3 Å². The SMILES string of the molecule is CC(C(=O)O)S(=O)(=O)NCCc1ccc(Br)s1. The minimum atomic E-state index is -3.78. The molecular formula is C9H12BrNO4S2. The van der Waals surface area contributed by atoms with Crippen molar-refractivity contribution in [2.45, 2.75) is 18.6 Å². The van der Waals surface area contributed by atoms with Crippen molar-refractivity contribution in [3.8, 4) is 0 Å². The number of nitrogens with one attached hydrogen (secondary N) is 1. The molecule has 0 aliphatic carbocycles. The third kappa shape index (κ3) is 4.38. The molecule has 17 heavy (non-hydrogen) atoms. The third-order valence-corrected chi connectivity index (χ3v) is 5.54. The van der Waals surface area contributed by atoms with Gasteiger partial charge in [0.25, 0.3) is 0 Å². The van der Waals surface area contributed by atoms with Gasteiger partial charge in [-0.25, -0.2) is 13.1 Å². The predicted octanol–water partition coefficient (Wildman–Crippen LogP) is 1.45. The Hall–Kier alpha value is -0.440. The topological polar surface area (TPSA) is 83.5 Å². The molecule has 8 heteroatoms. The first kappa shape index (κ1) is 14.6. The molecule has 0 bridgehead atoms. The standard InChI is InChI=1S/C9H12BrNO4S2/c1-6(9(12)13)17(14,15)11-5-4-7-2-3-8(10)16-7/h2-3,6,11H,4-5H2,1H3,(H,12,13). The molecule has 96 valence electrons. The first-order valence-electron chi connectivity index (χ1n) is 4.78. The molecule has 0 aromatic carbocycles. The normalized spacial score (nSPS) is 13.5. The van der Waals surface area contributed by atoms with E-state index in [1.54, 1.807) is 0 Å². The largest absolute Gasteiger partial charge is 0.480 e. The number of hydrogen-bond acceptors (Lipinski definition) is 4. The van der Waals surface area contributed by atoms with Crippen molar-refractivity contribution in [2.24, 2.45) is 0 Å². The summed E-state index contributed by atoms with van der Waals surface area (Å²) in [5.74, 6) is -1.35. The van der Waals surface area contributed by atoms with Gasteiger partial charge in [0, 0.05) is 11.4 Å². The van der Waals surface area contributed by atoms with Crippen LogP contribution in [0.1, 0.15) is 11.8 Å². The average molecular weight is 342 g/mol. The van der Waals surface area contributed by atoms with Crippen molar-refractivity contribution in [2.75, 3.05) is 6.54 Å². The molecular weight excluding hydrogens is 330 g/mol. The van der Waals surface area contributed by atoms with Gasteiger partial charge in [-0.2, -0.15) is 0 Å². The van der Waals surface area contributed by atoms with Crippen molar-refractivity contribution in [3.63, 3.8) is 0 Å². The Bertz CT molecular complexity index is 497. The molecule has 0 amide bonds. The second kappa shape index (κ2) is 5.94. The fourth-order valence-corrected chi connectivity index (χ4v) is 3.45. The number of carboxylic acids is 1. The molecule has 1 aromatic heterocycles. The summed E-state index contributed by atoms with van der Waals surface area (Å²) in [6, 6.07) is 3.78. The smallest absolute Gasteiger partial charge is 0.323 e. The van der Waals surface area contributed by atoms with E-state index in [4.69, 9.17) is 5.11 Å². The zero-order valence-corrected chi connectivity index (χ0v) is 12.2. The van der Waals surface area contributed by atoms with Gasteiger partial charge in [-0.1, -0.05) is 0 Å². The van der Waals surface area contributed by atoms with Crippen LogP contribution in [0.3, 0.4) is 0 Å². The molecule has 1 aromatic rings. The Morgan fingerprint density at radius 2 is 2.24 bits per heavy atom. The lowest BCUT2D eigenvalue weighted by Crippen LogP contribution is -2.38. The molecule has 0 fully saturated rings. The van der Waals surface area contributed by atoms with E-state index < -0.39 is 21.2 Å². The third-order valence-electron chi connectivity index (χ3n) is 2.12. The molecule has 0 radical (unpaired) electrons. The van der Waals surface area contributed by atoms with Crippen LogP contribution in [0.5, 0.6) is 0 Å². The van der Waals surface area contributed by atoms with Crippen LogP contribution in [0.2, 0.25) is 0 Å². The number of halogens is 1. The van der Waals surface area contributed by atoms with Gasteiger partial charge in [0.2, 0.25) is 10.0 Å². The molecule has 1 unspecified atom stereocenters. The van der Waals surface area contributed by atoms with Crippen molar-refractivity contribution in [1.29, 1.82) is 0 Å². The van der Waals surface area contributed by atoms with Crippen LogP contribution >= 0.6 is 27.3 Å². The van der Waals surface area contributed by atoms with Crippen molar-refractivity contribution in [3.05, 3.63) is 20.8 Å². The molecule has 0 saturated heterocycles. The Morgan fingerprint density at radius 3 is 2.71 bits per heavy atom. The summed E-state index contributed by atoms with van der Waals surface area (Å²) in [6.45, 7) is 1.35. The highest BCUT2D eigenvalue weighted by atomic mass is 79.9. The summed E-state index contributed by atoms with van der Waals surface area (Å²) in [7, 11) is -3.78. The summed E-state index contributed by atoms with van der Waals surface area (Å²) in [5, 5.41) is 7.18. The van der Waals surface area contributed by atoms with E-state index in [1.165, 1.54) is 11.3 Å². The Labute approximate surface area is 112 Å². The lowest BCUT2D eigenvalue weighted by Gasteiger charge is -2.09. The molecule has 0 aliphatic rings. The van der Waals surface area contributed by atoms with Crippen LogP contribution in [0.25, 0.3) is 0 Å². The highest BCUT2D eigenvalue weighted by molar-refractivity contribution is 9.11. The first-order chi connectivity index (χ1) is 7.83. The van der Waals surface area contributed by atoms with Gasteiger partial charge < -0.3 is 5.11 Å². The zero-order chi connectivity index (χ0) is 13.1. The van der Waals surface area contributed by atoms with Crippen LogP contribution in [0.4, 0.5) is 0 Å². The van der Waals surface area contributed by atoms with E-state index in [9.17, 15) is 13.2 Å². The van der Waals surface area contributed by atoms with Crippen LogP contribution < -0.4 is 4.72 Å². The fourth-order valence-electron chi connectivity index (χ4n) is 1.06. The number of aliphatic carboxylic acids is 1. The fraction of sp³-hybridized carbons (Fsp3) is 0.444. The van der Waals surface area contributed by atoms with Crippen LogP contribution in [-0.4, -0.2) is 31.3 Å². The molecule has 1 atom stereocenters. The van der Waals surface area contributed by atoms with Crippen molar-refractivity contribution < 1.29 is 18.3 Å². The predicted molar refractivity (Wildman–Crippen MR) is 69.7 cm³/mol. The maximum Gasteiger partial charge on any atom is 0.323 e. The van der Waals surface area contributed by atoms with Gasteiger partial charge in [0.1, 0.15) is 0 Å². The Morgan fingerprint density at radius 1 is 1.59 bits per heavy atom. The lowest BCUT2D eigenvalue weighted by molar-refractivity contribution is -0.136. The molecule has 1 rings (SSSR count). The summed E-state index contributed by atoms with van der Waals surface area (Å²) >= 11 is 4.83. The molecule has 0 saturated carbocycles. The molecule has 0 aliphatic heterocycles. The van der Waals surface area contributed by atoms with Crippen LogP contribution in [-0.2, 0) is 21.2 Å². The maximum absolute atomic E-state index is 11.5. The number of carboxylic acid groups (broad SMARTS) is 1. The first-order valence-corrected chi connectivity index (χ1v) is 7.94. The second-order valence-electron chi connectivity index (χ2n) is 3.38. The molecule has 2 N–H and O–H groups in total. The number of hydrogen-bond donors (Lipinski definition) is 2. The Balaban J connectivity index is 2.48. The number of rotatable bonds is 6. The van der Waals surface area contributed by atoms with E-state index in [-0.39, 0.29) is 6.54 Å². The zero-order valence-electron chi connectivity index (χ0n) is 9.01. The van der Waals surface area contributed by atoms with E-state index >= 15 is 0 Å². The maximum atomic E-state index is 11.5. The summed E-state index contributed by atoms with van der Waals surface area (Å²) < 4.78 is 26.2. The highest BCUT2D eigenvalue weighted by Crippen LogP contribution is 2.22. The van der Waals surface area contributed by atoms with E-state index in [1.807, 2.05) is 12.1 Å². The van der Waals surface area contributed by atoms with Gasteiger partial charge in [-0.15, -0.1) is 11.3 Å². The van der Waals surface area contributed by atoms with Gasteiger partial charge in [-0.3, -0.25) is 4.79 Å². The van der Waals surface area contributed by atoms with E-state index in [0.717, 1.165) is 15.6 Å².